The third-order valence-electron chi connectivity index (χ3n) is 3.80. The summed E-state index contributed by atoms with van der Waals surface area (Å²) in [6, 6.07) is 9.44. The van der Waals surface area contributed by atoms with Gasteiger partial charge in [-0.25, -0.2) is 4.79 Å². The van der Waals surface area contributed by atoms with E-state index < -0.39 is 5.97 Å². The molecule has 1 heterocycles. The summed E-state index contributed by atoms with van der Waals surface area (Å²) in [7, 11) is 3.04. The molecule has 0 spiro atoms. The Bertz CT molecular complexity index is 718. The number of hydrogen-bond donors (Lipinski definition) is 0. The van der Waals surface area contributed by atoms with Crippen LogP contribution in [0.25, 0.3) is 0 Å². The van der Waals surface area contributed by atoms with E-state index in [2.05, 4.69) is 0 Å². The third-order valence-corrected chi connectivity index (χ3v) is 3.80. The molecule has 5 heteroatoms. The second-order valence-electron chi connectivity index (χ2n) is 5.53. The van der Waals surface area contributed by atoms with Crippen LogP contribution in [0.4, 0.5) is 0 Å². The van der Waals surface area contributed by atoms with Crippen molar-refractivity contribution in [2.45, 2.75) is 26.8 Å². The summed E-state index contributed by atoms with van der Waals surface area (Å²) in [6.45, 7) is 3.99. The van der Waals surface area contributed by atoms with Crippen LogP contribution in [0.1, 0.15) is 33.0 Å². The largest absolute Gasteiger partial charge is 0.465 e. The summed E-state index contributed by atoms with van der Waals surface area (Å²) in [5.74, 6) is 0.606. The number of esters is 1. The lowest BCUT2D eigenvalue weighted by molar-refractivity contribution is -0.129. The molecule has 0 aliphatic rings. The van der Waals surface area contributed by atoms with Crippen LogP contribution in [0.2, 0.25) is 0 Å². The molecule has 0 aliphatic heterocycles. The smallest absolute Gasteiger partial charge is 0.341 e. The van der Waals surface area contributed by atoms with Gasteiger partial charge >= 0.3 is 5.97 Å². The van der Waals surface area contributed by atoms with Gasteiger partial charge in [-0.3, -0.25) is 4.79 Å². The summed E-state index contributed by atoms with van der Waals surface area (Å²) in [5, 5.41) is 0. The molecule has 0 fully saturated rings. The fraction of sp³-hybridized carbons (Fsp3) is 0.333. The van der Waals surface area contributed by atoms with Crippen molar-refractivity contribution >= 4 is 11.9 Å². The molecule has 0 atom stereocenters. The fourth-order valence-electron chi connectivity index (χ4n) is 2.36. The van der Waals surface area contributed by atoms with Crippen LogP contribution in [-0.2, 0) is 22.5 Å². The normalized spacial score (nSPS) is 10.4. The van der Waals surface area contributed by atoms with E-state index in [9.17, 15) is 9.59 Å². The molecule has 0 bridgehead atoms. The highest BCUT2D eigenvalue weighted by molar-refractivity contribution is 5.90. The number of aryl methyl sites for hydroxylation is 2. The zero-order valence-corrected chi connectivity index (χ0v) is 13.9. The Labute approximate surface area is 135 Å². The van der Waals surface area contributed by atoms with E-state index in [0.717, 1.165) is 11.1 Å². The van der Waals surface area contributed by atoms with Crippen molar-refractivity contribution in [1.29, 1.82) is 0 Å². The molecule has 23 heavy (non-hydrogen) atoms. The standard InChI is InChI=1S/C18H21NO4/c1-12-7-5-6-8-14(12)9-17(20)19(3)11-15-10-16(13(2)23-15)18(21)22-4/h5-8,10H,9,11H2,1-4H3. The van der Waals surface area contributed by atoms with Crippen molar-refractivity contribution in [1.82, 2.24) is 4.90 Å². The van der Waals surface area contributed by atoms with Crippen molar-refractivity contribution in [3.05, 3.63) is 58.5 Å². The predicted octanol–water partition coefficient (Wildman–Crippen LogP) is 2.88. The SMILES string of the molecule is COC(=O)c1cc(CN(C)C(=O)Cc2ccccc2C)oc1C. The van der Waals surface area contributed by atoms with Crippen LogP contribution in [0.15, 0.2) is 34.7 Å². The van der Waals surface area contributed by atoms with E-state index in [1.807, 2.05) is 31.2 Å². The zero-order chi connectivity index (χ0) is 17.0. The molecule has 2 rings (SSSR count). The van der Waals surface area contributed by atoms with Crippen LogP contribution < -0.4 is 0 Å². The maximum absolute atomic E-state index is 12.3. The minimum Gasteiger partial charge on any atom is -0.465 e. The molecule has 0 saturated heterocycles. The Morgan fingerprint density at radius 3 is 2.57 bits per heavy atom. The van der Waals surface area contributed by atoms with Gasteiger partial charge in [-0.1, -0.05) is 24.3 Å². The highest BCUT2D eigenvalue weighted by Crippen LogP contribution is 2.17. The first-order chi connectivity index (χ1) is 10.9. The molecule has 122 valence electrons. The minimum absolute atomic E-state index is 0.00651. The van der Waals surface area contributed by atoms with Crippen LogP contribution in [0.3, 0.4) is 0 Å². The van der Waals surface area contributed by atoms with Crippen LogP contribution in [-0.4, -0.2) is 30.9 Å². The number of amides is 1. The minimum atomic E-state index is -0.439. The first kappa shape index (κ1) is 16.8. The van der Waals surface area contributed by atoms with Gasteiger partial charge in [-0.15, -0.1) is 0 Å². The van der Waals surface area contributed by atoms with Crippen molar-refractivity contribution in [3.63, 3.8) is 0 Å². The fourth-order valence-corrected chi connectivity index (χ4v) is 2.36. The molecule has 2 aromatic rings. The van der Waals surface area contributed by atoms with Gasteiger partial charge in [-0.05, 0) is 31.0 Å². The quantitative estimate of drug-likeness (QED) is 0.796. The number of benzene rings is 1. The molecule has 5 nitrogen and oxygen atoms in total. The monoisotopic (exact) mass is 315 g/mol. The van der Waals surface area contributed by atoms with E-state index in [-0.39, 0.29) is 5.91 Å². The summed E-state index contributed by atoms with van der Waals surface area (Å²) in [5.41, 5.74) is 2.49. The van der Waals surface area contributed by atoms with Gasteiger partial charge in [0.15, 0.2) is 0 Å². The van der Waals surface area contributed by atoms with Gasteiger partial charge in [0.2, 0.25) is 5.91 Å². The van der Waals surface area contributed by atoms with Gasteiger partial charge in [0.25, 0.3) is 0 Å². The molecular weight excluding hydrogens is 294 g/mol. The topological polar surface area (TPSA) is 59.8 Å². The Balaban J connectivity index is 2.04. The highest BCUT2D eigenvalue weighted by atomic mass is 16.5. The number of ether oxygens (including phenoxy) is 1. The molecular formula is C18H21NO4. The van der Waals surface area contributed by atoms with E-state index >= 15 is 0 Å². The van der Waals surface area contributed by atoms with Crippen molar-refractivity contribution in [2.24, 2.45) is 0 Å². The lowest BCUT2D eigenvalue weighted by Gasteiger charge is -2.16. The lowest BCUT2D eigenvalue weighted by Crippen LogP contribution is -2.27. The average Bonchev–Trinajstić information content (AvgIpc) is 2.89. The van der Waals surface area contributed by atoms with Gasteiger partial charge in [0.05, 0.1) is 20.1 Å². The second kappa shape index (κ2) is 7.13. The van der Waals surface area contributed by atoms with E-state index in [1.54, 1.807) is 24.9 Å². The first-order valence-electron chi connectivity index (χ1n) is 7.38. The predicted molar refractivity (Wildman–Crippen MR) is 86.1 cm³/mol. The van der Waals surface area contributed by atoms with Crippen LogP contribution in [0, 0.1) is 13.8 Å². The Morgan fingerprint density at radius 1 is 1.22 bits per heavy atom. The summed E-state index contributed by atoms with van der Waals surface area (Å²) >= 11 is 0. The average molecular weight is 315 g/mol. The van der Waals surface area contributed by atoms with E-state index in [0.29, 0.717) is 30.0 Å². The number of hydrogen-bond acceptors (Lipinski definition) is 4. The number of carbonyl (C=O) groups excluding carboxylic acids is 2. The number of rotatable bonds is 5. The van der Waals surface area contributed by atoms with Crippen molar-refractivity contribution in [3.8, 4) is 0 Å². The second-order valence-corrected chi connectivity index (χ2v) is 5.53. The van der Waals surface area contributed by atoms with Gasteiger partial charge in [0, 0.05) is 7.05 Å². The number of methoxy groups -OCH3 is 1. The zero-order valence-electron chi connectivity index (χ0n) is 13.9. The van der Waals surface area contributed by atoms with Gasteiger partial charge in [0.1, 0.15) is 17.1 Å². The Kier molecular flexibility index (Phi) is 5.21. The molecule has 1 aromatic heterocycles. The molecule has 0 radical (unpaired) electrons. The summed E-state index contributed by atoms with van der Waals surface area (Å²) in [4.78, 5) is 25.5. The first-order valence-corrected chi connectivity index (χ1v) is 7.38. The maximum atomic E-state index is 12.3. The summed E-state index contributed by atoms with van der Waals surface area (Å²) in [6.07, 6.45) is 0.340. The Hall–Kier alpha value is -2.56. The van der Waals surface area contributed by atoms with Gasteiger partial charge in [-0.2, -0.15) is 0 Å². The summed E-state index contributed by atoms with van der Waals surface area (Å²) < 4.78 is 10.2. The molecule has 0 N–H and O–H groups in total. The number of nitrogens with zero attached hydrogens (tertiary/aromatic N) is 1. The lowest BCUT2D eigenvalue weighted by atomic mass is 10.1. The molecule has 0 aliphatic carbocycles. The van der Waals surface area contributed by atoms with Crippen molar-refractivity contribution < 1.29 is 18.7 Å². The number of likely N-dealkylation sites (N-methyl/N-ethyl adjacent to an activating group) is 1. The molecule has 0 unspecified atom stereocenters. The molecule has 1 aromatic carbocycles. The van der Waals surface area contributed by atoms with Gasteiger partial charge < -0.3 is 14.1 Å². The molecule has 1 amide bonds. The molecule has 0 saturated carbocycles. The van der Waals surface area contributed by atoms with E-state index in [1.165, 1.54) is 7.11 Å². The third kappa shape index (κ3) is 4.00. The van der Waals surface area contributed by atoms with Crippen molar-refractivity contribution in [2.75, 3.05) is 14.2 Å². The maximum Gasteiger partial charge on any atom is 0.341 e. The highest BCUT2D eigenvalue weighted by Gasteiger charge is 2.18. The van der Waals surface area contributed by atoms with E-state index in [4.69, 9.17) is 9.15 Å². The number of furan rings is 1. The number of carbonyl (C=O) groups is 2. The van der Waals surface area contributed by atoms with Crippen LogP contribution >= 0.6 is 0 Å². The Morgan fingerprint density at radius 2 is 1.91 bits per heavy atom. The van der Waals surface area contributed by atoms with Crippen LogP contribution in [0.5, 0.6) is 0 Å².